The third-order valence-electron chi connectivity index (χ3n) is 4.27. The van der Waals surface area contributed by atoms with Crippen LogP contribution in [0.3, 0.4) is 0 Å². The molecule has 1 N–H and O–H groups in total. The van der Waals surface area contributed by atoms with Crippen molar-refractivity contribution in [3.05, 3.63) is 0 Å². The van der Waals surface area contributed by atoms with E-state index >= 15 is 0 Å². The first-order valence-corrected chi connectivity index (χ1v) is 7.72. The topological polar surface area (TPSA) is 49.4 Å². The molecule has 0 spiro atoms. The zero-order valence-electron chi connectivity index (χ0n) is 14.0. The Balaban J connectivity index is 3.06. The van der Waals surface area contributed by atoms with Gasteiger partial charge in [-0.1, -0.05) is 41.5 Å². The summed E-state index contributed by atoms with van der Waals surface area (Å²) < 4.78 is 0. The van der Waals surface area contributed by atoms with Gasteiger partial charge < -0.3 is 10.2 Å². The van der Waals surface area contributed by atoms with Crippen molar-refractivity contribution in [3.8, 4) is 0 Å². The quantitative estimate of drug-likeness (QED) is 0.861. The molecule has 3 unspecified atom stereocenters. The zero-order valence-corrected chi connectivity index (χ0v) is 14.0. The first-order chi connectivity index (χ1) is 9.09. The van der Waals surface area contributed by atoms with Crippen LogP contribution in [0, 0.1) is 11.3 Å². The maximum atomic E-state index is 12.8. The smallest absolute Gasteiger partial charge is 0.246 e. The summed E-state index contributed by atoms with van der Waals surface area (Å²) >= 11 is 0. The normalized spacial score (nSPS) is 25.9. The minimum absolute atomic E-state index is 0.00569. The van der Waals surface area contributed by atoms with E-state index in [2.05, 4.69) is 39.9 Å². The molecule has 0 bridgehead atoms. The first-order valence-electron chi connectivity index (χ1n) is 7.72. The maximum absolute atomic E-state index is 12.8. The Morgan fingerprint density at radius 2 is 1.75 bits per heavy atom. The Bertz CT molecular complexity index is 371. The predicted molar refractivity (Wildman–Crippen MR) is 81.2 cm³/mol. The Morgan fingerprint density at radius 3 is 2.15 bits per heavy atom. The highest BCUT2D eigenvalue weighted by atomic mass is 16.2. The van der Waals surface area contributed by atoms with Gasteiger partial charge in [0.25, 0.3) is 0 Å². The molecule has 1 fully saturated rings. The maximum Gasteiger partial charge on any atom is 0.246 e. The molecule has 0 aromatic heterocycles. The minimum atomic E-state index is -0.366. The number of piperazine rings is 1. The van der Waals surface area contributed by atoms with Crippen LogP contribution >= 0.6 is 0 Å². The van der Waals surface area contributed by atoms with Gasteiger partial charge in [-0.2, -0.15) is 0 Å². The van der Waals surface area contributed by atoms with Crippen LogP contribution in [0.5, 0.6) is 0 Å². The molecular weight excluding hydrogens is 252 g/mol. The van der Waals surface area contributed by atoms with Crippen LogP contribution in [0.2, 0.25) is 0 Å². The molecule has 3 atom stereocenters. The van der Waals surface area contributed by atoms with E-state index in [9.17, 15) is 9.59 Å². The van der Waals surface area contributed by atoms with Crippen LogP contribution in [0.25, 0.3) is 0 Å². The minimum Gasteiger partial charge on any atom is -0.342 e. The molecule has 1 aliphatic heterocycles. The number of hydrogen-bond acceptors (Lipinski definition) is 2. The molecule has 0 aliphatic carbocycles. The molecule has 116 valence electrons. The predicted octanol–water partition coefficient (Wildman–Crippen LogP) is 2.57. The third-order valence-corrected chi connectivity index (χ3v) is 4.27. The summed E-state index contributed by atoms with van der Waals surface area (Å²) in [5, 5.41) is 2.90. The second-order valence-electron chi connectivity index (χ2n) is 7.40. The van der Waals surface area contributed by atoms with Crippen molar-refractivity contribution in [2.24, 2.45) is 11.3 Å². The van der Waals surface area contributed by atoms with Crippen LogP contribution in [0.4, 0.5) is 0 Å². The molecule has 0 saturated carbocycles. The van der Waals surface area contributed by atoms with Gasteiger partial charge in [-0.25, -0.2) is 0 Å². The summed E-state index contributed by atoms with van der Waals surface area (Å²) in [7, 11) is 0. The van der Waals surface area contributed by atoms with Gasteiger partial charge in [0.2, 0.25) is 11.8 Å². The summed E-state index contributed by atoms with van der Waals surface area (Å²) in [6, 6.07) is -0.657. The van der Waals surface area contributed by atoms with Crippen LogP contribution in [0.1, 0.15) is 61.3 Å². The summed E-state index contributed by atoms with van der Waals surface area (Å²) in [4.78, 5) is 26.9. The highest BCUT2D eigenvalue weighted by molar-refractivity contribution is 5.97. The van der Waals surface area contributed by atoms with Gasteiger partial charge in [-0.05, 0) is 31.1 Å². The van der Waals surface area contributed by atoms with Crippen molar-refractivity contribution in [1.82, 2.24) is 10.2 Å². The molecule has 4 nitrogen and oxygen atoms in total. The van der Waals surface area contributed by atoms with E-state index < -0.39 is 0 Å². The number of nitrogens with zero attached hydrogens (tertiary/aromatic N) is 1. The average molecular weight is 282 g/mol. The first kappa shape index (κ1) is 17.0. The third kappa shape index (κ3) is 3.53. The number of amides is 2. The lowest BCUT2D eigenvalue weighted by Crippen LogP contribution is -2.66. The van der Waals surface area contributed by atoms with E-state index in [4.69, 9.17) is 0 Å². The molecule has 1 heterocycles. The number of hydrogen-bond donors (Lipinski definition) is 1. The number of carbonyl (C=O) groups is 2. The molecule has 0 aromatic rings. The van der Waals surface area contributed by atoms with Crippen molar-refractivity contribution < 1.29 is 9.59 Å². The Morgan fingerprint density at radius 1 is 1.20 bits per heavy atom. The molecule has 20 heavy (non-hydrogen) atoms. The zero-order chi connectivity index (χ0) is 15.7. The van der Waals surface area contributed by atoms with E-state index in [1.165, 1.54) is 0 Å². The molecule has 0 radical (unpaired) electrons. The molecule has 2 amide bonds. The van der Waals surface area contributed by atoms with Gasteiger partial charge in [0, 0.05) is 6.04 Å². The summed E-state index contributed by atoms with van der Waals surface area (Å²) in [5.41, 5.74) is -0.0386. The summed E-state index contributed by atoms with van der Waals surface area (Å²) in [6.45, 7) is 14.5. The van der Waals surface area contributed by atoms with Crippen molar-refractivity contribution in [1.29, 1.82) is 0 Å². The van der Waals surface area contributed by atoms with Gasteiger partial charge >= 0.3 is 0 Å². The second-order valence-corrected chi connectivity index (χ2v) is 7.40. The standard InChI is InChI=1S/C16H30N2O2/c1-8-13-14(19)17-12(9-10(2)3)15(20)18(13)11(4)16(5,6)7/h10-13H,8-9H2,1-7H3,(H,17,19). The Hall–Kier alpha value is -1.06. The lowest BCUT2D eigenvalue weighted by Gasteiger charge is -2.46. The molecule has 1 saturated heterocycles. The van der Waals surface area contributed by atoms with Crippen molar-refractivity contribution in [2.45, 2.75) is 79.4 Å². The van der Waals surface area contributed by atoms with E-state index in [1.807, 2.05) is 18.7 Å². The van der Waals surface area contributed by atoms with Crippen molar-refractivity contribution in [2.75, 3.05) is 0 Å². The van der Waals surface area contributed by atoms with Crippen LogP contribution in [-0.4, -0.2) is 34.8 Å². The van der Waals surface area contributed by atoms with Crippen molar-refractivity contribution in [3.63, 3.8) is 0 Å². The molecule has 1 rings (SSSR count). The SMILES string of the molecule is CCC1C(=O)NC(CC(C)C)C(=O)N1C(C)C(C)(C)C. The van der Waals surface area contributed by atoms with E-state index in [0.29, 0.717) is 18.8 Å². The van der Waals surface area contributed by atoms with Crippen LogP contribution in [-0.2, 0) is 9.59 Å². The van der Waals surface area contributed by atoms with Gasteiger partial charge in [-0.3, -0.25) is 9.59 Å². The largest absolute Gasteiger partial charge is 0.342 e. The van der Waals surface area contributed by atoms with Crippen LogP contribution in [0.15, 0.2) is 0 Å². The average Bonchev–Trinajstić information content (AvgIpc) is 2.30. The van der Waals surface area contributed by atoms with Gasteiger partial charge in [0.15, 0.2) is 0 Å². The molecule has 0 aromatic carbocycles. The fourth-order valence-electron chi connectivity index (χ4n) is 2.68. The highest BCUT2D eigenvalue weighted by Crippen LogP contribution is 2.29. The highest BCUT2D eigenvalue weighted by Gasteiger charge is 2.44. The van der Waals surface area contributed by atoms with Gasteiger partial charge in [0.1, 0.15) is 12.1 Å². The summed E-state index contributed by atoms with van der Waals surface area (Å²) in [6.07, 6.45) is 1.36. The van der Waals surface area contributed by atoms with Gasteiger partial charge in [-0.15, -0.1) is 0 Å². The second kappa shape index (κ2) is 6.15. The molecule has 1 aliphatic rings. The molecule has 4 heteroatoms. The monoisotopic (exact) mass is 282 g/mol. The Kier molecular flexibility index (Phi) is 5.22. The van der Waals surface area contributed by atoms with E-state index in [1.54, 1.807) is 0 Å². The number of carbonyl (C=O) groups excluding carboxylic acids is 2. The van der Waals surface area contributed by atoms with E-state index in [0.717, 1.165) is 0 Å². The molecular formula is C16H30N2O2. The fraction of sp³-hybridized carbons (Fsp3) is 0.875. The van der Waals surface area contributed by atoms with Crippen molar-refractivity contribution >= 4 is 11.8 Å². The summed E-state index contributed by atoms with van der Waals surface area (Å²) in [5.74, 6) is 0.454. The van der Waals surface area contributed by atoms with Crippen LogP contribution < -0.4 is 5.32 Å². The number of rotatable bonds is 4. The van der Waals surface area contributed by atoms with E-state index in [-0.39, 0.29) is 35.4 Å². The fourth-order valence-corrected chi connectivity index (χ4v) is 2.68. The van der Waals surface area contributed by atoms with Gasteiger partial charge in [0.05, 0.1) is 0 Å². The lowest BCUT2D eigenvalue weighted by molar-refractivity contribution is -0.155. The Labute approximate surface area is 123 Å². The lowest BCUT2D eigenvalue weighted by atomic mass is 9.84. The number of nitrogens with one attached hydrogen (secondary N) is 1.